The first-order valence-electron chi connectivity index (χ1n) is 7.90. The number of phenols is 1. The Kier molecular flexibility index (Phi) is 6.08. The molecular weight excluding hydrogens is 521 g/mol. The van der Waals surface area contributed by atoms with Gasteiger partial charge in [-0.1, -0.05) is 34.1 Å². The van der Waals surface area contributed by atoms with Crippen molar-refractivity contribution in [2.45, 2.75) is 6.18 Å². The van der Waals surface area contributed by atoms with Crippen molar-refractivity contribution in [3.63, 3.8) is 0 Å². The molecule has 0 aliphatic carbocycles. The number of para-hydroxylation sites is 1. The maximum Gasteiger partial charge on any atom is 0.434 e. The number of halogens is 5. The van der Waals surface area contributed by atoms with Gasteiger partial charge < -0.3 is 5.11 Å². The summed E-state index contributed by atoms with van der Waals surface area (Å²) in [6, 6.07) is 10.8. The summed E-state index contributed by atoms with van der Waals surface area (Å²) in [5.41, 5.74) is 0.523. The SMILES string of the molecule is O=C(N/N=C/c1cc(Br)cc(Br)c1O)c1cnn(-c2ccccc2)c1C(F)(F)F. The van der Waals surface area contributed by atoms with Gasteiger partial charge in [-0.15, -0.1) is 0 Å². The van der Waals surface area contributed by atoms with Crippen LogP contribution < -0.4 is 5.43 Å². The fourth-order valence-electron chi connectivity index (χ4n) is 2.46. The summed E-state index contributed by atoms with van der Waals surface area (Å²) >= 11 is 6.38. The molecule has 1 aromatic heterocycles. The van der Waals surface area contributed by atoms with Gasteiger partial charge in [0, 0.05) is 10.0 Å². The largest absolute Gasteiger partial charge is 0.506 e. The van der Waals surface area contributed by atoms with E-state index in [-0.39, 0.29) is 17.0 Å². The van der Waals surface area contributed by atoms with Crippen molar-refractivity contribution < 1.29 is 23.1 Å². The molecule has 0 saturated heterocycles. The van der Waals surface area contributed by atoms with Gasteiger partial charge in [0.05, 0.1) is 28.1 Å². The summed E-state index contributed by atoms with van der Waals surface area (Å²) < 4.78 is 42.4. The lowest BCUT2D eigenvalue weighted by Gasteiger charge is -2.12. The monoisotopic (exact) mass is 530 g/mol. The number of carbonyl (C=O) groups excluding carboxylic acids is 1. The molecule has 2 N–H and O–H groups in total. The lowest BCUT2D eigenvalue weighted by molar-refractivity contribution is -0.143. The Morgan fingerprint density at radius 3 is 2.55 bits per heavy atom. The van der Waals surface area contributed by atoms with E-state index in [0.717, 1.165) is 12.4 Å². The van der Waals surface area contributed by atoms with Gasteiger partial charge in [-0.3, -0.25) is 4.79 Å². The maximum atomic E-state index is 13.6. The summed E-state index contributed by atoms with van der Waals surface area (Å²) in [4.78, 5) is 12.3. The molecule has 0 saturated carbocycles. The van der Waals surface area contributed by atoms with E-state index in [0.29, 0.717) is 13.6 Å². The Labute approximate surface area is 179 Å². The molecule has 6 nitrogen and oxygen atoms in total. The molecule has 3 aromatic rings. The highest BCUT2D eigenvalue weighted by Gasteiger charge is 2.40. The van der Waals surface area contributed by atoms with E-state index in [1.807, 2.05) is 5.43 Å². The van der Waals surface area contributed by atoms with E-state index in [1.165, 1.54) is 18.2 Å². The Balaban J connectivity index is 1.90. The van der Waals surface area contributed by atoms with Crippen molar-refractivity contribution in [3.05, 3.63) is 74.4 Å². The first-order valence-corrected chi connectivity index (χ1v) is 9.49. The summed E-state index contributed by atoms with van der Waals surface area (Å²) in [6.45, 7) is 0. The van der Waals surface area contributed by atoms with Crippen LogP contribution in [0.2, 0.25) is 0 Å². The first-order chi connectivity index (χ1) is 13.7. The van der Waals surface area contributed by atoms with Crippen LogP contribution in [0.4, 0.5) is 13.2 Å². The Hall–Kier alpha value is -2.66. The van der Waals surface area contributed by atoms with Crippen LogP contribution in [-0.2, 0) is 6.18 Å². The molecule has 1 amide bonds. The van der Waals surface area contributed by atoms with Gasteiger partial charge in [0.25, 0.3) is 5.91 Å². The third-order valence-corrected chi connectivity index (χ3v) is 4.77. The van der Waals surface area contributed by atoms with Gasteiger partial charge in [0.1, 0.15) is 5.75 Å². The highest BCUT2D eigenvalue weighted by atomic mass is 79.9. The van der Waals surface area contributed by atoms with Gasteiger partial charge in [-0.05, 0) is 40.2 Å². The lowest BCUT2D eigenvalue weighted by atomic mass is 10.2. The van der Waals surface area contributed by atoms with E-state index in [9.17, 15) is 23.1 Å². The Morgan fingerprint density at radius 1 is 1.21 bits per heavy atom. The summed E-state index contributed by atoms with van der Waals surface area (Å²) in [5.74, 6) is -1.23. The molecule has 0 spiro atoms. The average Bonchev–Trinajstić information content (AvgIpc) is 3.12. The fraction of sp³-hybridized carbons (Fsp3) is 0.0556. The van der Waals surface area contributed by atoms with Crippen LogP contribution in [-0.4, -0.2) is 27.0 Å². The third kappa shape index (κ3) is 4.67. The number of hydrogen-bond acceptors (Lipinski definition) is 4. The fourth-order valence-corrected chi connectivity index (χ4v) is 3.72. The molecule has 0 unspecified atom stereocenters. The molecule has 0 bridgehead atoms. The standard InChI is InChI=1S/C18H11Br2F3N4O2/c19-11-6-10(15(28)14(20)7-11)8-24-26-17(29)13-9-25-27(16(13)18(21,22)23)12-4-2-1-3-5-12/h1-9,28H,(H,26,29)/b24-8+. The molecule has 29 heavy (non-hydrogen) atoms. The number of aromatic hydroxyl groups is 1. The zero-order valence-electron chi connectivity index (χ0n) is 14.3. The average molecular weight is 532 g/mol. The predicted octanol–water partition coefficient (Wildman–Crippen LogP) is 4.89. The van der Waals surface area contributed by atoms with Gasteiger partial charge in [0.15, 0.2) is 5.69 Å². The number of amides is 1. The summed E-state index contributed by atoms with van der Waals surface area (Å²) in [6.07, 6.45) is -2.89. The van der Waals surface area contributed by atoms with Gasteiger partial charge in [-0.25, -0.2) is 10.1 Å². The molecule has 0 atom stereocenters. The van der Waals surface area contributed by atoms with E-state index < -0.39 is 23.3 Å². The Bertz CT molecular complexity index is 1080. The zero-order chi connectivity index (χ0) is 21.2. The quantitative estimate of drug-likeness (QED) is 0.372. The normalized spacial score (nSPS) is 11.8. The van der Waals surface area contributed by atoms with Crippen LogP contribution in [0.15, 0.2) is 62.7 Å². The van der Waals surface area contributed by atoms with Crippen molar-refractivity contribution in [1.29, 1.82) is 0 Å². The minimum atomic E-state index is -4.82. The van der Waals surface area contributed by atoms with Crippen LogP contribution in [0.25, 0.3) is 5.69 Å². The van der Waals surface area contributed by atoms with Gasteiger partial charge in [-0.2, -0.15) is 23.4 Å². The number of aromatic nitrogens is 2. The minimum Gasteiger partial charge on any atom is -0.506 e. The number of benzene rings is 2. The molecule has 150 valence electrons. The number of carbonyl (C=O) groups is 1. The molecule has 2 aromatic carbocycles. The topological polar surface area (TPSA) is 79.5 Å². The molecule has 0 radical (unpaired) electrons. The van der Waals surface area contributed by atoms with E-state index in [2.05, 4.69) is 42.1 Å². The first kappa shape index (κ1) is 21.1. The molecule has 1 heterocycles. The predicted molar refractivity (Wildman–Crippen MR) is 107 cm³/mol. The number of hydrazone groups is 1. The number of nitrogens with one attached hydrogen (secondary N) is 1. The Morgan fingerprint density at radius 2 is 1.90 bits per heavy atom. The summed E-state index contributed by atoms with van der Waals surface area (Å²) in [7, 11) is 0. The van der Waals surface area contributed by atoms with Crippen LogP contribution in [0.5, 0.6) is 5.75 Å². The van der Waals surface area contributed by atoms with Crippen LogP contribution in [0.3, 0.4) is 0 Å². The van der Waals surface area contributed by atoms with Crippen molar-refractivity contribution in [2.24, 2.45) is 5.10 Å². The van der Waals surface area contributed by atoms with Crippen molar-refractivity contribution in [3.8, 4) is 11.4 Å². The smallest absolute Gasteiger partial charge is 0.434 e. The van der Waals surface area contributed by atoms with E-state index >= 15 is 0 Å². The number of alkyl halides is 3. The molecule has 0 aliphatic rings. The second-order valence-corrected chi connectivity index (χ2v) is 7.45. The molecular formula is C18H11Br2F3N4O2. The molecule has 11 heteroatoms. The highest BCUT2D eigenvalue weighted by molar-refractivity contribution is 9.11. The summed E-state index contributed by atoms with van der Waals surface area (Å²) in [5, 5.41) is 17.3. The molecule has 0 aliphatic heterocycles. The van der Waals surface area contributed by atoms with E-state index in [4.69, 9.17) is 0 Å². The van der Waals surface area contributed by atoms with E-state index in [1.54, 1.807) is 24.3 Å². The van der Waals surface area contributed by atoms with Gasteiger partial charge >= 0.3 is 6.18 Å². The second-order valence-electron chi connectivity index (χ2n) is 5.68. The van der Waals surface area contributed by atoms with Crippen LogP contribution in [0, 0.1) is 0 Å². The maximum absolute atomic E-state index is 13.6. The molecule has 3 rings (SSSR count). The number of hydrogen-bond donors (Lipinski definition) is 2. The van der Waals surface area contributed by atoms with Crippen molar-refractivity contribution >= 4 is 44.0 Å². The number of nitrogens with zero attached hydrogens (tertiary/aromatic N) is 3. The van der Waals surface area contributed by atoms with Crippen LogP contribution >= 0.6 is 31.9 Å². The molecule has 0 fully saturated rings. The van der Waals surface area contributed by atoms with Crippen molar-refractivity contribution in [1.82, 2.24) is 15.2 Å². The number of phenolic OH excluding ortho intramolecular Hbond substituents is 1. The lowest BCUT2D eigenvalue weighted by Crippen LogP contribution is -2.23. The third-order valence-electron chi connectivity index (χ3n) is 3.71. The minimum absolute atomic E-state index is 0.140. The second kappa shape index (κ2) is 8.37. The van der Waals surface area contributed by atoms with Crippen LogP contribution in [0.1, 0.15) is 21.6 Å². The van der Waals surface area contributed by atoms with Crippen molar-refractivity contribution in [2.75, 3.05) is 0 Å². The highest BCUT2D eigenvalue weighted by Crippen LogP contribution is 2.34. The van der Waals surface area contributed by atoms with Gasteiger partial charge in [0.2, 0.25) is 0 Å². The zero-order valence-corrected chi connectivity index (χ0v) is 17.5. The number of rotatable bonds is 4.